The van der Waals surface area contributed by atoms with Crippen LogP contribution in [0.25, 0.3) is 10.8 Å². The molecule has 2 heteroatoms. The highest BCUT2D eigenvalue weighted by molar-refractivity contribution is 5.84. The largest absolute Gasteiger partial charge is 0.497 e. The lowest BCUT2D eigenvalue weighted by atomic mass is 9.97. The Labute approximate surface area is 138 Å². The molecule has 3 aromatic carbocycles. The van der Waals surface area contributed by atoms with Gasteiger partial charge in [0.25, 0.3) is 0 Å². The first-order chi connectivity index (χ1) is 11.2. The summed E-state index contributed by atoms with van der Waals surface area (Å²) in [6.45, 7) is 5.30. The molecule has 0 amide bonds. The summed E-state index contributed by atoms with van der Waals surface area (Å²) < 4.78 is 5.29. The summed E-state index contributed by atoms with van der Waals surface area (Å²) in [7, 11) is 1.70. The van der Waals surface area contributed by atoms with Crippen molar-refractivity contribution in [1.29, 1.82) is 0 Å². The van der Waals surface area contributed by atoms with E-state index in [2.05, 4.69) is 73.8 Å². The molecule has 3 rings (SSSR count). The number of rotatable bonds is 5. The van der Waals surface area contributed by atoms with Crippen molar-refractivity contribution in [3.8, 4) is 5.75 Å². The summed E-state index contributed by atoms with van der Waals surface area (Å²) >= 11 is 0. The quantitative estimate of drug-likeness (QED) is 0.684. The molecule has 0 aromatic heterocycles. The van der Waals surface area contributed by atoms with E-state index in [1.165, 1.54) is 27.6 Å². The molecule has 0 radical (unpaired) electrons. The first kappa shape index (κ1) is 15.4. The molecular weight excluding hydrogens is 282 g/mol. The number of benzene rings is 3. The average Bonchev–Trinajstić information content (AvgIpc) is 2.58. The Bertz CT molecular complexity index is 810. The predicted molar refractivity (Wildman–Crippen MR) is 98.6 cm³/mol. The van der Waals surface area contributed by atoms with Crippen molar-refractivity contribution < 1.29 is 4.74 Å². The molecule has 0 aliphatic heterocycles. The molecular formula is C21H23NO. The van der Waals surface area contributed by atoms with E-state index in [0.717, 1.165) is 12.3 Å². The van der Waals surface area contributed by atoms with E-state index < -0.39 is 0 Å². The molecule has 118 valence electrons. The molecule has 0 heterocycles. The first-order valence-electron chi connectivity index (χ1n) is 8.04. The first-order valence-corrected chi connectivity index (χ1v) is 8.04. The van der Waals surface area contributed by atoms with Crippen LogP contribution in [-0.4, -0.2) is 13.7 Å². The van der Waals surface area contributed by atoms with Crippen molar-refractivity contribution in [3.05, 3.63) is 71.8 Å². The van der Waals surface area contributed by atoms with Gasteiger partial charge in [-0.15, -0.1) is 0 Å². The van der Waals surface area contributed by atoms with Crippen LogP contribution in [0.4, 0.5) is 5.69 Å². The molecule has 0 spiro atoms. The highest BCUT2D eigenvalue weighted by atomic mass is 16.5. The number of ether oxygens (including phenoxy) is 1. The van der Waals surface area contributed by atoms with Crippen LogP contribution in [-0.2, 0) is 0 Å². The minimum Gasteiger partial charge on any atom is -0.497 e. The molecule has 0 aliphatic carbocycles. The minimum absolute atomic E-state index is 0.446. The smallest absolute Gasteiger partial charge is 0.119 e. The Kier molecular flexibility index (Phi) is 4.52. The van der Waals surface area contributed by atoms with Gasteiger partial charge in [0.15, 0.2) is 0 Å². The standard InChI is InChI=1S/C21H23NO/c1-15-5-4-6-20(11-15)22-14-16(2)17-7-8-19-13-21(23-3)10-9-18(19)12-17/h4-13,16,22H,14H2,1-3H3. The molecule has 0 fully saturated rings. The van der Waals surface area contributed by atoms with Gasteiger partial charge in [0, 0.05) is 12.2 Å². The maximum absolute atomic E-state index is 5.29. The van der Waals surface area contributed by atoms with Crippen molar-refractivity contribution >= 4 is 16.5 Å². The van der Waals surface area contributed by atoms with Gasteiger partial charge in [0.1, 0.15) is 5.75 Å². The minimum atomic E-state index is 0.446. The molecule has 2 nitrogen and oxygen atoms in total. The topological polar surface area (TPSA) is 21.3 Å². The Morgan fingerprint density at radius 1 is 0.957 bits per heavy atom. The number of hydrogen-bond acceptors (Lipinski definition) is 2. The molecule has 1 atom stereocenters. The molecule has 3 aromatic rings. The van der Waals surface area contributed by atoms with Crippen molar-refractivity contribution in [2.75, 3.05) is 19.0 Å². The summed E-state index contributed by atoms with van der Waals surface area (Å²) in [6.07, 6.45) is 0. The van der Waals surface area contributed by atoms with E-state index in [0.29, 0.717) is 5.92 Å². The third-order valence-corrected chi connectivity index (χ3v) is 4.27. The van der Waals surface area contributed by atoms with Gasteiger partial charge in [-0.05, 0) is 59.0 Å². The zero-order valence-electron chi connectivity index (χ0n) is 14.0. The van der Waals surface area contributed by atoms with Gasteiger partial charge in [-0.1, -0.05) is 43.3 Å². The summed E-state index contributed by atoms with van der Waals surface area (Å²) in [5.41, 5.74) is 3.81. The molecule has 1 N–H and O–H groups in total. The van der Waals surface area contributed by atoms with Crippen molar-refractivity contribution in [2.45, 2.75) is 19.8 Å². The highest BCUT2D eigenvalue weighted by Gasteiger charge is 2.07. The van der Waals surface area contributed by atoms with E-state index in [9.17, 15) is 0 Å². The maximum Gasteiger partial charge on any atom is 0.119 e. The van der Waals surface area contributed by atoms with Gasteiger partial charge in [-0.2, -0.15) is 0 Å². The second-order valence-electron chi connectivity index (χ2n) is 6.12. The zero-order valence-corrected chi connectivity index (χ0v) is 14.0. The van der Waals surface area contributed by atoms with Crippen LogP contribution >= 0.6 is 0 Å². The van der Waals surface area contributed by atoms with Crippen LogP contribution in [0.2, 0.25) is 0 Å². The molecule has 1 unspecified atom stereocenters. The van der Waals surface area contributed by atoms with Gasteiger partial charge in [-0.3, -0.25) is 0 Å². The molecule has 0 bridgehead atoms. The molecule has 0 saturated carbocycles. The number of anilines is 1. The van der Waals surface area contributed by atoms with Crippen LogP contribution < -0.4 is 10.1 Å². The normalized spacial score (nSPS) is 12.1. The Morgan fingerprint density at radius 3 is 2.52 bits per heavy atom. The number of fused-ring (bicyclic) bond motifs is 1. The van der Waals surface area contributed by atoms with Gasteiger partial charge < -0.3 is 10.1 Å². The summed E-state index contributed by atoms with van der Waals surface area (Å²) in [6, 6.07) is 21.4. The van der Waals surface area contributed by atoms with Gasteiger partial charge in [-0.25, -0.2) is 0 Å². The van der Waals surface area contributed by atoms with Crippen molar-refractivity contribution in [1.82, 2.24) is 0 Å². The van der Waals surface area contributed by atoms with E-state index in [1.807, 2.05) is 6.07 Å². The SMILES string of the molecule is COc1ccc2cc(C(C)CNc3cccc(C)c3)ccc2c1. The van der Waals surface area contributed by atoms with Crippen LogP contribution in [0.5, 0.6) is 5.75 Å². The van der Waals surface area contributed by atoms with E-state index in [-0.39, 0.29) is 0 Å². The van der Waals surface area contributed by atoms with Crippen molar-refractivity contribution in [2.24, 2.45) is 0 Å². The monoisotopic (exact) mass is 305 g/mol. The lowest BCUT2D eigenvalue weighted by Crippen LogP contribution is -2.09. The fourth-order valence-corrected chi connectivity index (χ4v) is 2.82. The van der Waals surface area contributed by atoms with Crippen LogP contribution in [0.1, 0.15) is 24.0 Å². The zero-order chi connectivity index (χ0) is 16.2. The fourth-order valence-electron chi connectivity index (χ4n) is 2.82. The average molecular weight is 305 g/mol. The Balaban J connectivity index is 1.74. The van der Waals surface area contributed by atoms with Crippen LogP contribution in [0, 0.1) is 6.92 Å². The van der Waals surface area contributed by atoms with Gasteiger partial charge in [0.2, 0.25) is 0 Å². The highest BCUT2D eigenvalue weighted by Crippen LogP contribution is 2.25. The van der Waals surface area contributed by atoms with Gasteiger partial charge in [0.05, 0.1) is 7.11 Å². The lowest BCUT2D eigenvalue weighted by molar-refractivity contribution is 0.415. The summed E-state index contributed by atoms with van der Waals surface area (Å²) in [4.78, 5) is 0. The van der Waals surface area contributed by atoms with Gasteiger partial charge >= 0.3 is 0 Å². The number of methoxy groups -OCH3 is 1. The van der Waals surface area contributed by atoms with Crippen LogP contribution in [0.3, 0.4) is 0 Å². The third kappa shape index (κ3) is 3.65. The predicted octanol–water partition coefficient (Wildman–Crippen LogP) is 5.37. The Hall–Kier alpha value is -2.48. The number of aryl methyl sites for hydroxylation is 1. The molecule has 23 heavy (non-hydrogen) atoms. The third-order valence-electron chi connectivity index (χ3n) is 4.27. The number of nitrogens with one attached hydrogen (secondary N) is 1. The second kappa shape index (κ2) is 6.74. The van der Waals surface area contributed by atoms with E-state index >= 15 is 0 Å². The van der Waals surface area contributed by atoms with Crippen molar-refractivity contribution in [3.63, 3.8) is 0 Å². The van der Waals surface area contributed by atoms with E-state index in [1.54, 1.807) is 7.11 Å². The number of hydrogen-bond donors (Lipinski definition) is 1. The maximum atomic E-state index is 5.29. The molecule has 0 aliphatic rings. The summed E-state index contributed by atoms with van der Waals surface area (Å²) in [5.74, 6) is 1.35. The fraction of sp³-hybridized carbons (Fsp3) is 0.238. The van der Waals surface area contributed by atoms with Crippen LogP contribution in [0.15, 0.2) is 60.7 Å². The summed E-state index contributed by atoms with van der Waals surface area (Å²) in [5, 5.41) is 6.00. The second-order valence-corrected chi connectivity index (χ2v) is 6.12. The van der Waals surface area contributed by atoms with E-state index in [4.69, 9.17) is 4.74 Å². The molecule has 0 saturated heterocycles. The lowest BCUT2D eigenvalue weighted by Gasteiger charge is -2.15. The Morgan fingerprint density at radius 2 is 1.74 bits per heavy atom.